The van der Waals surface area contributed by atoms with Crippen molar-refractivity contribution in [3.8, 4) is 0 Å². The Morgan fingerprint density at radius 2 is 2.05 bits per heavy atom. The first-order valence-corrected chi connectivity index (χ1v) is 6.63. The molecular weight excluding hydrogens is 240 g/mol. The van der Waals surface area contributed by atoms with Crippen molar-refractivity contribution >= 4 is 16.8 Å². The fourth-order valence-corrected chi connectivity index (χ4v) is 2.39. The highest BCUT2D eigenvalue weighted by Crippen LogP contribution is 2.21. The molecule has 0 unspecified atom stereocenters. The molecule has 0 aliphatic rings. The van der Waals surface area contributed by atoms with Gasteiger partial charge in [0.1, 0.15) is 0 Å². The zero-order valence-electron chi connectivity index (χ0n) is 11.5. The smallest absolute Gasteiger partial charge is 0.256 e. The molecule has 0 spiro atoms. The second-order valence-corrected chi connectivity index (χ2v) is 4.69. The van der Waals surface area contributed by atoms with Gasteiger partial charge in [-0.1, -0.05) is 25.1 Å². The zero-order chi connectivity index (χ0) is 13.8. The molecule has 0 saturated carbocycles. The van der Waals surface area contributed by atoms with Crippen molar-refractivity contribution in [1.82, 2.24) is 9.47 Å². The number of aryl methyl sites for hydroxylation is 1. The number of para-hydroxylation sites is 1. The van der Waals surface area contributed by atoms with E-state index in [-0.39, 0.29) is 12.5 Å². The molecule has 1 N–H and O–H groups in total. The normalized spacial score (nSPS) is 10.9. The molecule has 0 bridgehead atoms. The van der Waals surface area contributed by atoms with Crippen molar-refractivity contribution in [1.29, 1.82) is 0 Å². The monoisotopic (exact) mass is 260 g/mol. The molecule has 102 valence electrons. The number of fused-ring (bicyclic) bond motifs is 1. The Labute approximate surface area is 113 Å². The molecule has 1 amide bonds. The van der Waals surface area contributed by atoms with Crippen LogP contribution in [0.5, 0.6) is 0 Å². The summed E-state index contributed by atoms with van der Waals surface area (Å²) in [5.41, 5.74) is 1.76. The summed E-state index contributed by atoms with van der Waals surface area (Å²) in [6.07, 6.45) is 2.75. The van der Waals surface area contributed by atoms with E-state index in [0.29, 0.717) is 18.7 Å². The minimum atomic E-state index is -0.00676. The van der Waals surface area contributed by atoms with Crippen LogP contribution < -0.4 is 0 Å². The number of aliphatic hydroxyl groups excluding tert-OH is 1. The van der Waals surface area contributed by atoms with Crippen molar-refractivity contribution in [2.24, 2.45) is 7.05 Å². The lowest BCUT2D eigenvalue weighted by molar-refractivity contribution is 0.0723. The summed E-state index contributed by atoms with van der Waals surface area (Å²) < 4.78 is 1.96. The first-order valence-electron chi connectivity index (χ1n) is 6.63. The van der Waals surface area contributed by atoms with Crippen molar-refractivity contribution in [3.63, 3.8) is 0 Å². The molecule has 4 nitrogen and oxygen atoms in total. The number of aromatic nitrogens is 1. The second kappa shape index (κ2) is 5.89. The van der Waals surface area contributed by atoms with Crippen LogP contribution in [-0.2, 0) is 7.05 Å². The molecule has 1 aromatic heterocycles. The maximum Gasteiger partial charge on any atom is 0.256 e. The molecule has 0 atom stereocenters. The Balaban J connectivity index is 2.40. The minimum absolute atomic E-state index is 0.00347. The van der Waals surface area contributed by atoms with Gasteiger partial charge in [-0.15, -0.1) is 0 Å². The first kappa shape index (κ1) is 13.6. The van der Waals surface area contributed by atoms with Gasteiger partial charge in [0.15, 0.2) is 0 Å². The lowest BCUT2D eigenvalue weighted by atomic mass is 10.1. The lowest BCUT2D eigenvalue weighted by Crippen LogP contribution is -2.34. The van der Waals surface area contributed by atoms with Crippen LogP contribution in [0.3, 0.4) is 0 Å². The van der Waals surface area contributed by atoms with Gasteiger partial charge in [-0.25, -0.2) is 0 Å². The van der Waals surface area contributed by atoms with Crippen LogP contribution in [0.4, 0.5) is 0 Å². The molecule has 19 heavy (non-hydrogen) atoms. The summed E-state index contributed by atoms with van der Waals surface area (Å²) in [4.78, 5) is 14.3. The Bertz CT molecular complexity index is 569. The average Bonchev–Trinajstić information content (AvgIpc) is 2.76. The highest BCUT2D eigenvalue weighted by Gasteiger charge is 2.19. The molecule has 4 heteroatoms. The van der Waals surface area contributed by atoms with E-state index >= 15 is 0 Å². The molecule has 1 heterocycles. The largest absolute Gasteiger partial charge is 0.395 e. The SMILES string of the molecule is CCCN(CCO)C(=O)c1cn(C)c2ccccc12. The van der Waals surface area contributed by atoms with E-state index in [9.17, 15) is 4.79 Å². The zero-order valence-corrected chi connectivity index (χ0v) is 11.5. The summed E-state index contributed by atoms with van der Waals surface area (Å²) in [7, 11) is 1.94. The van der Waals surface area contributed by atoms with Gasteiger partial charge >= 0.3 is 0 Å². The third kappa shape index (κ3) is 2.63. The van der Waals surface area contributed by atoms with Crippen LogP contribution in [0.25, 0.3) is 10.9 Å². The van der Waals surface area contributed by atoms with E-state index in [1.807, 2.05) is 49.0 Å². The van der Waals surface area contributed by atoms with Gasteiger partial charge in [0.25, 0.3) is 5.91 Å². The molecule has 2 aromatic rings. The molecule has 0 radical (unpaired) electrons. The van der Waals surface area contributed by atoms with Gasteiger partial charge in [0, 0.05) is 37.2 Å². The van der Waals surface area contributed by atoms with Crippen molar-refractivity contribution < 1.29 is 9.90 Å². The standard InChI is InChI=1S/C15H20N2O2/c1-3-8-17(9-10-18)15(19)13-11-16(2)14-7-5-4-6-12(13)14/h4-7,11,18H,3,8-10H2,1-2H3. The van der Waals surface area contributed by atoms with Crippen LogP contribution >= 0.6 is 0 Å². The van der Waals surface area contributed by atoms with Gasteiger partial charge < -0.3 is 14.6 Å². The number of benzene rings is 1. The highest BCUT2D eigenvalue weighted by molar-refractivity contribution is 6.06. The van der Waals surface area contributed by atoms with Gasteiger partial charge in [-0.3, -0.25) is 4.79 Å². The topological polar surface area (TPSA) is 45.5 Å². The van der Waals surface area contributed by atoms with Crippen molar-refractivity contribution in [2.45, 2.75) is 13.3 Å². The van der Waals surface area contributed by atoms with Crippen molar-refractivity contribution in [2.75, 3.05) is 19.7 Å². The Morgan fingerprint density at radius 1 is 1.32 bits per heavy atom. The van der Waals surface area contributed by atoms with E-state index < -0.39 is 0 Å². The fourth-order valence-electron chi connectivity index (χ4n) is 2.39. The third-order valence-electron chi connectivity index (χ3n) is 3.28. The maximum atomic E-state index is 12.6. The number of hydrogen-bond acceptors (Lipinski definition) is 2. The Kier molecular flexibility index (Phi) is 4.22. The van der Waals surface area contributed by atoms with Crippen LogP contribution in [0, 0.1) is 0 Å². The van der Waals surface area contributed by atoms with Crippen LogP contribution in [-0.4, -0.2) is 40.2 Å². The molecule has 0 aliphatic carbocycles. The fraction of sp³-hybridized carbons (Fsp3) is 0.400. The maximum absolute atomic E-state index is 12.6. The van der Waals surface area contributed by atoms with E-state index in [4.69, 9.17) is 5.11 Å². The van der Waals surface area contributed by atoms with E-state index in [2.05, 4.69) is 0 Å². The number of carbonyl (C=O) groups is 1. The number of amides is 1. The summed E-state index contributed by atoms with van der Waals surface area (Å²) in [5.74, 6) is -0.00676. The Hall–Kier alpha value is -1.81. The van der Waals surface area contributed by atoms with Crippen LogP contribution in [0.1, 0.15) is 23.7 Å². The quantitative estimate of drug-likeness (QED) is 0.894. The molecule has 1 aromatic carbocycles. The lowest BCUT2D eigenvalue weighted by Gasteiger charge is -2.20. The molecule has 0 aliphatic heterocycles. The highest BCUT2D eigenvalue weighted by atomic mass is 16.3. The molecule has 0 saturated heterocycles. The first-order chi connectivity index (χ1) is 9.19. The summed E-state index contributed by atoms with van der Waals surface area (Å²) in [6.45, 7) is 3.08. The average molecular weight is 260 g/mol. The van der Waals surface area contributed by atoms with Gasteiger partial charge in [0.05, 0.1) is 12.2 Å². The van der Waals surface area contributed by atoms with E-state index in [1.165, 1.54) is 0 Å². The van der Waals surface area contributed by atoms with Crippen LogP contribution in [0.2, 0.25) is 0 Å². The van der Waals surface area contributed by atoms with Crippen LogP contribution in [0.15, 0.2) is 30.5 Å². The predicted molar refractivity (Wildman–Crippen MR) is 76.2 cm³/mol. The van der Waals surface area contributed by atoms with Gasteiger partial charge in [-0.2, -0.15) is 0 Å². The van der Waals surface area contributed by atoms with Crippen molar-refractivity contribution in [3.05, 3.63) is 36.0 Å². The predicted octanol–water partition coefficient (Wildman–Crippen LogP) is 2.02. The molecule has 0 fully saturated rings. The van der Waals surface area contributed by atoms with Gasteiger partial charge in [0.2, 0.25) is 0 Å². The summed E-state index contributed by atoms with van der Waals surface area (Å²) >= 11 is 0. The van der Waals surface area contributed by atoms with E-state index in [0.717, 1.165) is 17.3 Å². The number of hydrogen-bond donors (Lipinski definition) is 1. The number of carbonyl (C=O) groups excluding carboxylic acids is 1. The number of aliphatic hydroxyl groups is 1. The number of rotatable bonds is 5. The molecular formula is C15H20N2O2. The molecule has 2 rings (SSSR count). The van der Waals surface area contributed by atoms with E-state index in [1.54, 1.807) is 4.90 Å². The Morgan fingerprint density at radius 3 is 2.74 bits per heavy atom. The van der Waals surface area contributed by atoms with Gasteiger partial charge in [-0.05, 0) is 12.5 Å². The summed E-state index contributed by atoms with van der Waals surface area (Å²) in [6, 6.07) is 7.87. The second-order valence-electron chi connectivity index (χ2n) is 4.69. The third-order valence-corrected chi connectivity index (χ3v) is 3.28. The summed E-state index contributed by atoms with van der Waals surface area (Å²) in [5, 5.41) is 10.0. The minimum Gasteiger partial charge on any atom is -0.395 e. The number of nitrogens with zero attached hydrogens (tertiary/aromatic N) is 2.